The standard InChI is InChI=1S/C41H39N3O4/c1-47-36-20-21-39(48-2)34(27-36)19-22-40(45)44(28-31-15-17-33(18-16-31)37-14-8-9-24-42-37)38(26-30-10-4-3-5-11-30)41(46)43-25-23-32-12-6-7-13-35(32)29-43/h3-22,24,27,38H,23,25-26,28-29H2,1-2H3/b22-19+/t38-/m0/s1. The Balaban J connectivity index is 1.37. The van der Waals surface area contributed by atoms with Crippen molar-refractivity contribution >= 4 is 17.9 Å². The van der Waals surface area contributed by atoms with Gasteiger partial charge in [-0.15, -0.1) is 0 Å². The lowest BCUT2D eigenvalue weighted by molar-refractivity contribution is -0.144. The Hall–Kier alpha value is -5.69. The van der Waals surface area contributed by atoms with Gasteiger partial charge in [-0.25, -0.2) is 0 Å². The number of amides is 2. The first-order valence-corrected chi connectivity index (χ1v) is 16.1. The number of hydrogen-bond acceptors (Lipinski definition) is 5. The molecule has 1 aromatic heterocycles. The summed E-state index contributed by atoms with van der Waals surface area (Å²) in [5, 5.41) is 0. The SMILES string of the molecule is COc1ccc(OC)c(/C=C/C(=O)N(Cc2ccc(-c3ccccn3)cc2)[C@@H](Cc2ccccc2)C(=O)N2CCc3ccccc3C2)c1. The van der Waals surface area contributed by atoms with Crippen molar-refractivity contribution < 1.29 is 19.1 Å². The molecule has 5 aromatic rings. The van der Waals surface area contributed by atoms with Crippen LogP contribution in [0.5, 0.6) is 11.5 Å². The molecule has 7 nitrogen and oxygen atoms in total. The predicted octanol–water partition coefficient (Wildman–Crippen LogP) is 7.00. The molecule has 1 atom stereocenters. The van der Waals surface area contributed by atoms with Crippen LogP contribution in [-0.4, -0.2) is 53.4 Å². The van der Waals surface area contributed by atoms with Crippen LogP contribution in [0.3, 0.4) is 0 Å². The third-order valence-electron chi connectivity index (χ3n) is 8.77. The van der Waals surface area contributed by atoms with Crippen LogP contribution in [0.1, 0.15) is 27.8 Å². The largest absolute Gasteiger partial charge is 0.497 e. The second-order valence-electron chi connectivity index (χ2n) is 11.8. The summed E-state index contributed by atoms with van der Waals surface area (Å²) in [5.74, 6) is 0.912. The van der Waals surface area contributed by atoms with E-state index in [1.807, 2.05) is 102 Å². The minimum absolute atomic E-state index is 0.0702. The average Bonchev–Trinajstić information content (AvgIpc) is 3.15. The summed E-state index contributed by atoms with van der Waals surface area (Å²) in [6.45, 7) is 1.35. The molecule has 0 spiro atoms. The van der Waals surface area contributed by atoms with E-state index in [0.29, 0.717) is 36.6 Å². The summed E-state index contributed by atoms with van der Waals surface area (Å²) in [4.78, 5) is 37.0. The molecule has 0 unspecified atom stereocenters. The quantitative estimate of drug-likeness (QED) is 0.146. The maximum atomic E-state index is 14.6. The van der Waals surface area contributed by atoms with Gasteiger partial charge in [0.25, 0.3) is 0 Å². The highest BCUT2D eigenvalue weighted by Gasteiger charge is 2.34. The number of fused-ring (bicyclic) bond motifs is 1. The molecule has 1 aliphatic rings. The number of carbonyl (C=O) groups excluding carboxylic acids is 2. The second kappa shape index (κ2) is 15.3. The first-order chi connectivity index (χ1) is 23.5. The van der Waals surface area contributed by atoms with Gasteiger partial charge in [0, 0.05) is 49.5 Å². The van der Waals surface area contributed by atoms with Crippen LogP contribution in [0.4, 0.5) is 0 Å². The summed E-state index contributed by atoms with van der Waals surface area (Å²) in [6, 6.07) is 36.7. The summed E-state index contributed by atoms with van der Waals surface area (Å²) < 4.78 is 11.0. The Morgan fingerprint density at radius 3 is 2.31 bits per heavy atom. The Morgan fingerprint density at radius 1 is 0.833 bits per heavy atom. The minimum Gasteiger partial charge on any atom is -0.497 e. The van der Waals surface area contributed by atoms with Crippen molar-refractivity contribution in [1.29, 1.82) is 0 Å². The molecular formula is C41H39N3O4. The third-order valence-corrected chi connectivity index (χ3v) is 8.77. The van der Waals surface area contributed by atoms with Crippen molar-refractivity contribution in [2.24, 2.45) is 0 Å². The summed E-state index contributed by atoms with van der Waals surface area (Å²) in [7, 11) is 3.19. The van der Waals surface area contributed by atoms with Crippen LogP contribution in [0.15, 0.2) is 128 Å². The van der Waals surface area contributed by atoms with E-state index < -0.39 is 6.04 Å². The zero-order valence-corrected chi connectivity index (χ0v) is 27.3. The van der Waals surface area contributed by atoms with Gasteiger partial charge in [-0.1, -0.05) is 84.9 Å². The molecule has 0 saturated carbocycles. The lowest BCUT2D eigenvalue weighted by atomic mass is 9.97. The summed E-state index contributed by atoms with van der Waals surface area (Å²) in [6.07, 6.45) is 6.18. The minimum atomic E-state index is -0.738. The predicted molar refractivity (Wildman–Crippen MR) is 188 cm³/mol. The smallest absolute Gasteiger partial charge is 0.247 e. The van der Waals surface area contributed by atoms with Gasteiger partial charge in [0.2, 0.25) is 11.8 Å². The van der Waals surface area contributed by atoms with Gasteiger partial charge in [0.15, 0.2) is 0 Å². The maximum absolute atomic E-state index is 14.6. The first-order valence-electron chi connectivity index (χ1n) is 16.1. The van der Waals surface area contributed by atoms with Gasteiger partial charge in [0.05, 0.1) is 19.9 Å². The van der Waals surface area contributed by atoms with Gasteiger partial charge in [0.1, 0.15) is 17.5 Å². The number of hydrogen-bond donors (Lipinski definition) is 0. The fourth-order valence-corrected chi connectivity index (χ4v) is 6.14. The number of pyridine rings is 1. The summed E-state index contributed by atoms with van der Waals surface area (Å²) >= 11 is 0. The van der Waals surface area contributed by atoms with E-state index in [9.17, 15) is 9.59 Å². The highest BCUT2D eigenvalue weighted by Crippen LogP contribution is 2.27. The van der Waals surface area contributed by atoms with Crippen LogP contribution in [0, 0.1) is 0 Å². The molecule has 0 fully saturated rings. The van der Waals surface area contributed by atoms with Crippen molar-refractivity contribution in [3.8, 4) is 22.8 Å². The molecule has 1 aliphatic heterocycles. The van der Waals surface area contributed by atoms with E-state index in [1.54, 1.807) is 37.5 Å². The normalized spacial score (nSPS) is 13.1. The van der Waals surface area contributed by atoms with E-state index in [1.165, 1.54) is 11.6 Å². The highest BCUT2D eigenvalue weighted by molar-refractivity contribution is 5.96. The molecule has 2 heterocycles. The van der Waals surface area contributed by atoms with Crippen LogP contribution in [0.2, 0.25) is 0 Å². The lowest BCUT2D eigenvalue weighted by Gasteiger charge is -2.37. The van der Waals surface area contributed by atoms with E-state index in [-0.39, 0.29) is 18.4 Å². The van der Waals surface area contributed by atoms with Crippen molar-refractivity contribution in [2.45, 2.75) is 32.0 Å². The fraction of sp³-hybridized carbons (Fsp3) is 0.195. The van der Waals surface area contributed by atoms with Crippen LogP contribution in [-0.2, 0) is 35.5 Å². The molecule has 4 aromatic carbocycles. The van der Waals surface area contributed by atoms with Gasteiger partial charge in [-0.05, 0) is 65.1 Å². The molecule has 0 aliphatic carbocycles. The number of benzene rings is 4. The fourth-order valence-electron chi connectivity index (χ4n) is 6.14. The Morgan fingerprint density at radius 2 is 1.58 bits per heavy atom. The number of rotatable bonds is 11. The molecule has 2 amide bonds. The van der Waals surface area contributed by atoms with Crippen LogP contribution in [0.25, 0.3) is 17.3 Å². The molecule has 0 bridgehead atoms. The average molecular weight is 638 g/mol. The number of ether oxygens (including phenoxy) is 2. The zero-order valence-electron chi connectivity index (χ0n) is 27.3. The van der Waals surface area contributed by atoms with Crippen molar-refractivity contribution in [2.75, 3.05) is 20.8 Å². The first kappa shape index (κ1) is 32.3. The molecule has 0 N–H and O–H groups in total. The zero-order chi connectivity index (χ0) is 33.3. The van der Waals surface area contributed by atoms with E-state index in [0.717, 1.165) is 34.4 Å². The van der Waals surface area contributed by atoms with E-state index >= 15 is 0 Å². The van der Waals surface area contributed by atoms with Gasteiger partial charge >= 0.3 is 0 Å². The third kappa shape index (κ3) is 7.64. The molecule has 0 saturated heterocycles. The number of aromatic nitrogens is 1. The lowest BCUT2D eigenvalue weighted by Crippen LogP contribution is -2.52. The van der Waals surface area contributed by atoms with Crippen molar-refractivity contribution in [3.63, 3.8) is 0 Å². The Labute approximate surface area is 282 Å². The number of nitrogens with zero attached hydrogens (tertiary/aromatic N) is 3. The number of carbonyl (C=O) groups is 2. The molecule has 242 valence electrons. The van der Waals surface area contributed by atoms with E-state index in [2.05, 4.69) is 17.1 Å². The molecule has 7 heteroatoms. The summed E-state index contributed by atoms with van der Waals surface area (Å²) in [5.41, 5.74) is 6.84. The van der Waals surface area contributed by atoms with E-state index in [4.69, 9.17) is 9.47 Å². The van der Waals surface area contributed by atoms with Crippen molar-refractivity contribution in [3.05, 3.63) is 155 Å². The van der Waals surface area contributed by atoms with Crippen LogP contribution >= 0.6 is 0 Å². The topological polar surface area (TPSA) is 72.0 Å². The van der Waals surface area contributed by atoms with Gasteiger partial charge in [-0.3, -0.25) is 14.6 Å². The molecular weight excluding hydrogens is 598 g/mol. The second-order valence-corrected chi connectivity index (χ2v) is 11.8. The Bertz CT molecular complexity index is 1870. The molecule has 0 radical (unpaired) electrons. The number of methoxy groups -OCH3 is 2. The van der Waals surface area contributed by atoms with Gasteiger partial charge < -0.3 is 19.3 Å². The molecule has 6 rings (SSSR count). The highest BCUT2D eigenvalue weighted by atomic mass is 16.5. The van der Waals surface area contributed by atoms with Gasteiger partial charge in [-0.2, -0.15) is 0 Å². The van der Waals surface area contributed by atoms with Crippen LogP contribution < -0.4 is 9.47 Å². The monoisotopic (exact) mass is 637 g/mol. The Kier molecular flexibility index (Phi) is 10.3. The maximum Gasteiger partial charge on any atom is 0.247 e. The van der Waals surface area contributed by atoms with Crippen molar-refractivity contribution in [1.82, 2.24) is 14.8 Å². The molecule has 48 heavy (non-hydrogen) atoms.